The molecule has 1 aromatic carbocycles. The minimum Gasteiger partial charge on any atom is -0.379 e. The zero-order valence-corrected chi connectivity index (χ0v) is 17.7. The first-order valence-electron chi connectivity index (χ1n) is 11.0. The number of benzene rings is 1. The van der Waals surface area contributed by atoms with Crippen LogP contribution in [0.15, 0.2) is 29.1 Å². The van der Waals surface area contributed by atoms with Gasteiger partial charge < -0.3 is 4.74 Å². The van der Waals surface area contributed by atoms with E-state index in [0.29, 0.717) is 11.2 Å². The average molecular weight is 411 g/mol. The van der Waals surface area contributed by atoms with Crippen molar-refractivity contribution in [2.24, 2.45) is 13.0 Å². The molecule has 0 N–H and O–H groups in total. The van der Waals surface area contributed by atoms with Crippen LogP contribution in [0, 0.1) is 5.92 Å². The van der Waals surface area contributed by atoms with Crippen LogP contribution in [-0.4, -0.2) is 74.9 Å². The van der Waals surface area contributed by atoms with Crippen LogP contribution in [0.25, 0.3) is 16.7 Å². The average Bonchev–Trinajstić information content (AvgIpc) is 3.21. The van der Waals surface area contributed by atoms with Crippen LogP contribution in [0.2, 0.25) is 0 Å². The molecule has 0 aliphatic carbocycles. The molecule has 0 radical (unpaired) electrons. The molecule has 5 rings (SSSR count). The van der Waals surface area contributed by atoms with Crippen molar-refractivity contribution in [3.63, 3.8) is 0 Å². The van der Waals surface area contributed by atoms with Gasteiger partial charge in [0, 0.05) is 20.1 Å². The molecule has 0 atom stereocenters. The van der Waals surface area contributed by atoms with Crippen molar-refractivity contribution in [1.82, 2.24) is 29.0 Å². The fourth-order valence-corrected chi connectivity index (χ4v) is 4.82. The summed E-state index contributed by atoms with van der Waals surface area (Å²) in [5.74, 6) is 2.32. The van der Waals surface area contributed by atoms with Crippen molar-refractivity contribution in [2.75, 3.05) is 45.9 Å². The van der Waals surface area contributed by atoms with E-state index in [4.69, 9.17) is 4.74 Å². The molecule has 8 heteroatoms. The largest absolute Gasteiger partial charge is 0.379 e. The lowest BCUT2D eigenvalue weighted by molar-refractivity contribution is 0.0334. The van der Waals surface area contributed by atoms with Crippen LogP contribution in [0.1, 0.15) is 25.1 Å². The predicted octanol–water partition coefficient (Wildman–Crippen LogP) is 1.52. The summed E-state index contributed by atoms with van der Waals surface area (Å²) in [5, 5.41) is 9.48. The minimum atomic E-state index is -0.0295. The SMILES string of the molecule is Cn1c(=O)c2ccccc2n2c(CN3CCC(CCN4CCOCC4)CC3)nnc12. The minimum absolute atomic E-state index is 0.0295. The third-order valence-electron chi connectivity index (χ3n) is 6.72. The third kappa shape index (κ3) is 3.75. The highest BCUT2D eigenvalue weighted by molar-refractivity contribution is 5.80. The molecule has 3 aromatic rings. The summed E-state index contributed by atoms with van der Waals surface area (Å²) in [7, 11) is 1.77. The summed E-state index contributed by atoms with van der Waals surface area (Å²) in [4.78, 5) is 17.6. The summed E-state index contributed by atoms with van der Waals surface area (Å²) in [6.45, 7) is 8.06. The van der Waals surface area contributed by atoms with Crippen LogP contribution >= 0.6 is 0 Å². The number of fused-ring (bicyclic) bond motifs is 3. The van der Waals surface area contributed by atoms with E-state index in [1.807, 2.05) is 28.7 Å². The predicted molar refractivity (Wildman–Crippen MR) is 116 cm³/mol. The maximum Gasteiger partial charge on any atom is 0.262 e. The molecule has 2 aliphatic heterocycles. The Balaban J connectivity index is 1.26. The van der Waals surface area contributed by atoms with Crippen LogP contribution in [0.4, 0.5) is 0 Å². The Labute approximate surface area is 176 Å². The van der Waals surface area contributed by atoms with E-state index in [1.165, 1.54) is 25.8 Å². The molecular formula is C22H30N6O2. The fourth-order valence-electron chi connectivity index (χ4n) is 4.82. The molecule has 0 unspecified atom stereocenters. The zero-order chi connectivity index (χ0) is 20.5. The van der Waals surface area contributed by atoms with E-state index in [0.717, 1.165) is 63.2 Å². The van der Waals surface area contributed by atoms with Crippen molar-refractivity contribution in [3.05, 3.63) is 40.4 Å². The molecule has 2 fully saturated rings. The van der Waals surface area contributed by atoms with Crippen molar-refractivity contribution in [3.8, 4) is 0 Å². The lowest BCUT2D eigenvalue weighted by Gasteiger charge is -2.33. The Morgan fingerprint density at radius 1 is 1.03 bits per heavy atom. The number of piperidine rings is 1. The van der Waals surface area contributed by atoms with Crippen LogP contribution < -0.4 is 5.56 Å². The molecule has 2 aromatic heterocycles. The number of hydrogen-bond donors (Lipinski definition) is 0. The first-order chi connectivity index (χ1) is 14.7. The van der Waals surface area contributed by atoms with E-state index in [1.54, 1.807) is 11.6 Å². The van der Waals surface area contributed by atoms with Gasteiger partial charge in [0.1, 0.15) is 0 Å². The number of aromatic nitrogens is 4. The van der Waals surface area contributed by atoms with Gasteiger partial charge in [-0.15, -0.1) is 10.2 Å². The molecule has 160 valence electrons. The molecule has 2 aliphatic rings. The van der Waals surface area contributed by atoms with Crippen LogP contribution in [0.5, 0.6) is 0 Å². The highest BCUT2D eigenvalue weighted by atomic mass is 16.5. The number of rotatable bonds is 5. The molecule has 0 bridgehead atoms. The highest BCUT2D eigenvalue weighted by Gasteiger charge is 2.23. The van der Waals surface area contributed by atoms with Gasteiger partial charge in [0.15, 0.2) is 5.82 Å². The second kappa shape index (κ2) is 8.45. The summed E-state index contributed by atoms with van der Waals surface area (Å²) < 4.78 is 9.08. The summed E-state index contributed by atoms with van der Waals surface area (Å²) in [6, 6.07) is 7.72. The van der Waals surface area contributed by atoms with E-state index in [-0.39, 0.29) is 5.56 Å². The molecule has 0 saturated carbocycles. The number of ether oxygens (including phenoxy) is 1. The Hall–Kier alpha value is -2.29. The van der Waals surface area contributed by atoms with Gasteiger partial charge in [-0.2, -0.15) is 0 Å². The van der Waals surface area contributed by atoms with Crippen molar-refractivity contribution >= 4 is 16.7 Å². The first kappa shape index (κ1) is 19.7. The highest BCUT2D eigenvalue weighted by Crippen LogP contribution is 2.23. The lowest BCUT2D eigenvalue weighted by atomic mass is 9.93. The Morgan fingerprint density at radius 2 is 1.80 bits per heavy atom. The van der Waals surface area contributed by atoms with Gasteiger partial charge >= 0.3 is 0 Å². The Bertz CT molecular complexity index is 1080. The maximum absolute atomic E-state index is 12.6. The molecule has 30 heavy (non-hydrogen) atoms. The monoisotopic (exact) mass is 410 g/mol. The number of aryl methyl sites for hydroxylation is 1. The summed E-state index contributed by atoms with van der Waals surface area (Å²) in [5.41, 5.74) is 0.856. The quantitative estimate of drug-likeness (QED) is 0.635. The molecule has 2 saturated heterocycles. The summed E-state index contributed by atoms with van der Waals surface area (Å²) >= 11 is 0. The molecule has 0 spiro atoms. The van der Waals surface area contributed by atoms with E-state index in [9.17, 15) is 4.79 Å². The van der Waals surface area contributed by atoms with E-state index in [2.05, 4.69) is 20.0 Å². The van der Waals surface area contributed by atoms with Gasteiger partial charge in [-0.25, -0.2) is 0 Å². The maximum atomic E-state index is 12.6. The van der Waals surface area contributed by atoms with E-state index >= 15 is 0 Å². The molecular weight excluding hydrogens is 380 g/mol. The third-order valence-corrected chi connectivity index (χ3v) is 6.72. The van der Waals surface area contributed by atoms with Crippen molar-refractivity contribution in [2.45, 2.75) is 25.8 Å². The van der Waals surface area contributed by atoms with Gasteiger partial charge in [0.2, 0.25) is 5.78 Å². The van der Waals surface area contributed by atoms with Gasteiger partial charge in [-0.3, -0.25) is 23.6 Å². The van der Waals surface area contributed by atoms with Crippen molar-refractivity contribution < 1.29 is 4.74 Å². The fraction of sp³-hybridized carbons (Fsp3) is 0.591. The zero-order valence-electron chi connectivity index (χ0n) is 17.7. The molecule has 8 nitrogen and oxygen atoms in total. The number of nitrogens with zero attached hydrogens (tertiary/aromatic N) is 6. The molecule has 4 heterocycles. The van der Waals surface area contributed by atoms with Gasteiger partial charge in [-0.1, -0.05) is 12.1 Å². The van der Waals surface area contributed by atoms with Crippen molar-refractivity contribution in [1.29, 1.82) is 0 Å². The molecule has 0 amide bonds. The first-order valence-corrected chi connectivity index (χ1v) is 11.0. The summed E-state index contributed by atoms with van der Waals surface area (Å²) in [6.07, 6.45) is 3.76. The Kier molecular flexibility index (Phi) is 5.54. The second-order valence-electron chi connectivity index (χ2n) is 8.60. The second-order valence-corrected chi connectivity index (χ2v) is 8.60. The Morgan fingerprint density at radius 3 is 2.60 bits per heavy atom. The number of hydrogen-bond acceptors (Lipinski definition) is 6. The van der Waals surface area contributed by atoms with Gasteiger partial charge in [0.25, 0.3) is 5.56 Å². The number of likely N-dealkylation sites (tertiary alicyclic amines) is 1. The normalized spacial score (nSPS) is 19.8. The van der Waals surface area contributed by atoms with E-state index < -0.39 is 0 Å². The standard InChI is InChI=1S/C22H30N6O2/c1-25-21(29)18-4-2-3-5-19(18)28-20(23-24-22(25)28)16-27-10-7-17(8-11-27)6-9-26-12-14-30-15-13-26/h2-5,17H,6-16H2,1H3. The smallest absolute Gasteiger partial charge is 0.262 e. The number of morpholine rings is 1. The number of para-hydroxylation sites is 1. The topological polar surface area (TPSA) is 67.9 Å². The van der Waals surface area contributed by atoms with Crippen LogP contribution in [0.3, 0.4) is 0 Å². The van der Waals surface area contributed by atoms with Gasteiger partial charge in [0.05, 0.1) is 30.7 Å². The lowest BCUT2D eigenvalue weighted by Crippen LogP contribution is -2.39. The van der Waals surface area contributed by atoms with Gasteiger partial charge in [-0.05, 0) is 56.9 Å². The van der Waals surface area contributed by atoms with Crippen LogP contribution in [-0.2, 0) is 18.3 Å².